The van der Waals surface area contributed by atoms with E-state index in [1.54, 1.807) is 0 Å². The molecule has 82 valence electrons. The highest BCUT2D eigenvalue weighted by Crippen LogP contribution is 2.07. The molecule has 1 aromatic rings. The lowest BCUT2D eigenvalue weighted by atomic mass is 10.2. The summed E-state index contributed by atoms with van der Waals surface area (Å²) in [6.07, 6.45) is 3.21. The molecule has 1 nitrogen and oxygen atoms in total. The fourth-order valence-electron chi connectivity index (χ4n) is 1.20. The Hall–Kier alpha value is -0.350. The molecule has 1 aromatic carbocycles. The molecule has 0 aliphatic carbocycles. The number of hydrogen-bond acceptors (Lipinski definition) is 1. The zero-order chi connectivity index (χ0) is 11.1. The number of halogens is 1. The van der Waals surface area contributed by atoms with Gasteiger partial charge in [-0.15, -0.1) is 0 Å². The van der Waals surface area contributed by atoms with Gasteiger partial charge in [-0.2, -0.15) is 0 Å². The van der Waals surface area contributed by atoms with Crippen molar-refractivity contribution in [2.75, 3.05) is 6.61 Å². The maximum atomic E-state index is 5.56. The summed E-state index contributed by atoms with van der Waals surface area (Å²) in [7, 11) is 0. The van der Waals surface area contributed by atoms with Crippen LogP contribution in [0.15, 0.2) is 35.9 Å². The Morgan fingerprint density at radius 2 is 1.93 bits per heavy atom. The molecule has 0 aliphatic rings. The smallest absolute Gasteiger partial charge is 0.0717 e. The Morgan fingerprint density at radius 3 is 2.53 bits per heavy atom. The monoisotopic (exact) mass is 316 g/mol. The van der Waals surface area contributed by atoms with Gasteiger partial charge in [-0.1, -0.05) is 23.8 Å². The van der Waals surface area contributed by atoms with Gasteiger partial charge in [0.25, 0.3) is 0 Å². The van der Waals surface area contributed by atoms with Crippen molar-refractivity contribution in [3.63, 3.8) is 0 Å². The van der Waals surface area contributed by atoms with Crippen LogP contribution in [0.1, 0.15) is 25.8 Å². The third-order valence-corrected chi connectivity index (χ3v) is 2.72. The summed E-state index contributed by atoms with van der Waals surface area (Å²) in [4.78, 5) is 0. The maximum absolute atomic E-state index is 5.56. The molecule has 0 N–H and O–H groups in total. The topological polar surface area (TPSA) is 9.23 Å². The van der Waals surface area contributed by atoms with E-state index in [-0.39, 0.29) is 0 Å². The van der Waals surface area contributed by atoms with Crippen LogP contribution in [0.25, 0.3) is 0 Å². The minimum atomic E-state index is 0.716. The zero-order valence-corrected chi connectivity index (χ0v) is 11.5. The van der Waals surface area contributed by atoms with Crippen LogP contribution in [0.3, 0.4) is 0 Å². The Kier molecular flexibility index (Phi) is 5.95. The van der Waals surface area contributed by atoms with Gasteiger partial charge in [0.2, 0.25) is 0 Å². The number of rotatable bonds is 5. The van der Waals surface area contributed by atoms with Gasteiger partial charge in [0.05, 0.1) is 13.2 Å². The number of benzene rings is 1. The van der Waals surface area contributed by atoms with Crippen molar-refractivity contribution in [2.24, 2.45) is 0 Å². The molecule has 0 amide bonds. The Labute approximate surface area is 106 Å². The molecule has 0 aromatic heterocycles. The van der Waals surface area contributed by atoms with Crippen molar-refractivity contribution in [3.8, 4) is 0 Å². The fraction of sp³-hybridized carbons (Fsp3) is 0.385. The summed E-state index contributed by atoms with van der Waals surface area (Å²) >= 11 is 2.31. The van der Waals surface area contributed by atoms with E-state index in [0.717, 1.165) is 13.0 Å². The molecule has 0 spiro atoms. The van der Waals surface area contributed by atoms with Gasteiger partial charge in [-0.3, -0.25) is 0 Å². The van der Waals surface area contributed by atoms with E-state index in [1.807, 2.05) is 0 Å². The third-order valence-electron chi connectivity index (χ3n) is 2.00. The summed E-state index contributed by atoms with van der Waals surface area (Å²) in [6, 6.07) is 8.44. The first kappa shape index (κ1) is 12.7. The molecule has 0 saturated carbocycles. The van der Waals surface area contributed by atoms with Crippen molar-refractivity contribution < 1.29 is 4.74 Å². The zero-order valence-electron chi connectivity index (χ0n) is 9.29. The molecule has 15 heavy (non-hydrogen) atoms. The molecule has 0 atom stereocenters. The molecule has 0 bridgehead atoms. The minimum Gasteiger partial charge on any atom is -0.376 e. The van der Waals surface area contributed by atoms with E-state index in [4.69, 9.17) is 4.74 Å². The second-order valence-corrected chi connectivity index (χ2v) is 4.99. The van der Waals surface area contributed by atoms with Gasteiger partial charge in [0.15, 0.2) is 0 Å². The highest BCUT2D eigenvalue weighted by Gasteiger charge is 1.92. The standard InChI is InChI=1S/C13H17IO/c1-11(2)4-3-9-15-10-12-5-7-13(14)8-6-12/h4-8H,3,9-10H2,1-2H3. The van der Waals surface area contributed by atoms with Crippen molar-refractivity contribution in [1.29, 1.82) is 0 Å². The Bertz CT molecular complexity index is 310. The summed E-state index contributed by atoms with van der Waals surface area (Å²) in [5, 5.41) is 0. The van der Waals surface area contributed by atoms with Crippen LogP contribution in [-0.2, 0) is 11.3 Å². The first-order valence-corrected chi connectivity index (χ1v) is 6.22. The van der Waals surface area contributed by atoms with Crippen LogP contribution in [0, 0.1) is 3.57 Å². The van der Waals surface area contributed by atoms with Crippen LogP contribution in [-0.4, -0.2) is 6.61 Å². The molecule has 2 heteroatoms. The number of ether oxygens (including phenoxy) is 1. The Balaban J connectivity index is 2.20. The molecular formula is C13H17IO. The SMILES string of the molecule is CC(C)=CCCOCc1ccc(I)cc1. The van der Waals surface area contributed by atoms with Crippen molar-refractivity contribution in [3.05, 3.63) is 45.0 Å². The van der Waals surface area contributed by atoms with E-state index < -0.39 is 0 Å². The first-order valence-electron chi connectivity index (χ1n) is 5.14. The molecular weight excluding hydrogens is 299 g/mol. The maximum Gasteiger partial charge on any atom is 0.0717 e. The van der Waals surface area contributed by atoms with Gasteiger partial charge < -0.3 is 4.74 Å². The fourth-order valence-corrected chi connectivity index (χ4v) is 1.56. The van der Waals surface area contributed by atoms with Gasteiger partial charge in [-0.05, 0) is 60.6 Å². The normalized spacial score (nSPS) is 10.1. The lowest BCUT2D eigenvalue weighted by Gasteiger charge is -2.03. The second-order valence-electron chi connectivity index (χ2n) is 3.75. The van der Waals surface area contributed by atoms with Crippen molar-refractivity contribution in [1.82, 2.24) is 0 Å². The predicted octanol–water partition coefficient (Wildman–Crippen LogP) is 4.16. The van der Waals surface area contributed by atoms with E-state index in [0.29, 0.717) is 6.61 Å². The average Bonchev–Trinajstić information content (AvgIpc) is 2.20. The van der Waals surface area contributed by atoms with Gasteiger partial charge in [0.1, 0.15) is 0 Å². The summed E-state index contributed by atoms with van der Waals surface area (Å²) in [6.45, 7) is 5.74. The lowest BCUT2D eigenvalue weighted by Crippen LogP contribution is -1.94. The molecule has 0 fully saturated rings. The van der Waals surface area contributed by atoms with Crippen molar-refractivity contribution in [2.45, 2.75) is 26.9 Å². The highest BCUT2D eigenvalue weighted by molar-refractivity contribution is 14.1. The highest BCUT2D eigenvalue weighted by atomic mass is 127. The largest absolute Gasteiger partial charge is 0.376 e. The molecule has 0 radical (unpaired) electrons. The van der Waals surface area contributed by atoms with Crippen molar-refractivity contribution >= 4 is 22.6 Å². The summed E-state index contributed by atoms with van der Waals surface area (Å²) in [5.41, 5.74) is 2.60. The summed E-state index contributed by atoms with van der Waals surface area (Å²) in [5.74, 6) is 0. The molecule has 0 saturated heterocycles. The van der Waals surface area contributed by atoms with Crippen LogP contribution < -0.4 is 0 Å². The number of allylic oxidation sites excluding steroid dienone is 1. The summed E-state index contributed by atoms with van der Waals surface area (Å²) < 4.78 is 6.83. The quantitative estimate of drug-likeness (QED) is 0.450. The molecule has 0 aliphatic heterocycles. The van der Waals surface area contributed by atoms with Crippen LogP contribution in [0.5, 0.6) is 0 Å². The third kappa shape index (κ3) is 5.95. The van der Waals surface area contributed by atoms with E-state index in [9.17, 15) is 0 Å². The minimum absolute atomic E-state index is 0.716. The average molecular weight is 316 g/mol. The molecule has 0 unspecified atom stereocenters. The molecule has 0 heterocycles. The van der Waals surface area contributed by atoms with Gasteiger partial charge >= 0.3 is 0 Å². The molecule has 1 rings (SSSR count). The van der Waals surface area contributed by atoms with Gasteiger partial charge in [-0.25, -0.2) is 0 Å². The van der Waals surface area contributed by atoms with Gasteiger partial charge in [0, 0.05) is 3.57 Å². The first-order chi connectivity index (χ1) is 7.18. The second kappa shape index (κ2) is 7.01. The number of hydrogen-bond donors (Lipinski definition) is 0. The lowest BCUT2D eigenvalue weighted by molar-refractivity contribution is 0.125. The van der Waals surface area contributed by atoms with E-state index in [2.05, 4.69) is 66.8 Å². The van der Waals surface area contributed by atoms with Crippen LogP contribution >= 0.6 is 22.6 Å². The van der Waals surface area contributed by atoms with Crippen LogP contribution in [0.4, 0.5) is 0 Å². The predicted molar refractivity (Wildman–Crippen MR) is 72.9 cm³/mol. The Morgan fingerprint density at radius 1 is 1.27 bits per heavy atom. The van der Waals surface area contributed by atoms with Crippen LogP contribution in [0.2, 0.25) is 0 Å². The van der Waals surface area contributed by atoms with E-state index in [1.165, 1.54) is 14.7 Å². The van der Waals surface area contributed by atoms with E-state index >= 15 is 0 Å².